The first kappa shape index (κ1) is 29.9. The van der Waals surface area contributed by atoms with Gasteiger partial charge in [-0.05, 0) is 88.4 Å². The van der Waals surface area contributed by atoms with E-state index in [1.165, 1.54) is 44.2 Å². The maximum absolute atomic E-state index is 13.9. The summed E-state index contributed by atoms with van der Waals surface area (Å²) >= 11 is 0. The minimum atomic E-state index is -0.699. The molecule has 3 N–H and O–H groups in total. The van der Waals surface area contributed by atoms with Gasteiger partial charge in [0.25, 0.3) is 0 Å². The molecule has 0 radical (unpaired) electrons. The number of halogens is 1. The van der Waals surface area contributed by atoms with Gasteiger partial charge in [0.2, 0.25) is 11.8 Å². The van der Waals surface area contributed by atoms with Crippen LogP contribution in [0, 0.1) is 17.2 Å². The Morgan fingerprint density at radius 3 is 2.41 bits per heavy atom. The predicted molar refractivity (Wildman–Crippen MR) is 152 cm³/mol. The highest BCUT2D eigenvalue weighted by Crippen LogP contribution is 2.49. The van der Waals surface area contributed by atoms with Crippen LogP contribution in [0.5, 0.6) is 0 Å². The molecule has 1 aromatic rings. The molecule has 2 amide bonds. The molecule has 8 heteroatoms. The van der Waals surface area contributed by atoms with Gasteiger partial charge < -0.3 is 25.5 Å². The fourth-order valence-electron chi connectivity index (χ4n) is 6.93. The number of hydrogen-bond acceptors (Lipinski definition) is 5. The van der Waals surface area contributed by atoms with Crippen LogP contribution in [0.2, 0.25) is 0 Å². The zero-order chi connectivity index (χ0) is 28.0. The summed E-state index contributed by atoms with van der Waals surface area (Å²) in [7, 11) is 1.99. The number of carbonyl (C=O) groups excluding carboxylic acids is 2. The van der Waals surface area contributed by atoms with Gasteiger partial charge in [-0.15, -0.1) is 0 Å². The lowest BCUT2D eigenvalue weighted by molar-refractivity contribution is -0.140. The maximum Gasteiger partial charge on any atom is 0.245 e. The number of amides is 2. The summed E-state index contributed by atoms with van der Waals surface area (Å²) in [5.41, 5.74) is 0.284. The molecule has 39 heavy (non-hydrogen) atoms. The van der Waals surface area contributed by atoms with E-state index in [4.69, 9.17) is 0 Å². The molecule has 2 saturated heterocycles. The average Bonchev–Trinajstić information content (AvgIpc) is 2.92. The van der Waals surface area contributed by atoms with Crippen LogP contribution in [-0.4, -0.2) is 84.2 Å². The molecule has 2 aliphatic heterocycles. The third-order valence-corrected chi connectivity index (χ3v) is 9.44. The van der Waals surface area contributed by atoms with E-state index >= 15 is 0 Å². The summed E-state index contributed by atoms with van der Waals surface area (Å²) in [6.45, 7) is 7.32. The summed E-state index contributed by atoms with van der Waals surface area (Å²) in [6, 6.07) is 5.12. The number of likely N-dealkylation sites (tertiary alicyclic amines) is 1. The molecule has 7 nitrogen and oxygen atoms in total. The Morgan fingerprint density at radius 1 is 1.13 bits per heavy atom. The molecule has 218 valence electrons. The Bertz CT molecular complexity index is 950. The number of piperazine rings is 1. The van der Waals surface area contributed by atoms with Crippen LogP contribution < -0.4 is 10.6 Å². The molecule has 2 atom stereocenters. The van der Waals surface area contributed by atoms with Gasteiger partial charge >= 0.3 is 0 Å². The summed E-state index contributed by atoms with van der Waals surface area (Å²) < 4.78 is 13.6. The molecule has 4 rings (SSSR count). The van der Waals surface area contributed by atoms with Crippen LogP contribution in [0.4, 0.5) is 4.39 Å². The number of aliphatic hydroxyl groups is 1. The first-order valence-electron chi connectivity index (χ1n) is 15.0. The lowest BCUT2D eigenvalue weighted by Gasteiger charge is -2.49. The van der Waals surface area contributed by atoms with Crippen LogP contribution in [0.25, 0.3) is 0 Å². The number of benzene rings is 1. The van der Waals surface area contributed by atoms with E-state index in [1.54, 1.807) is 12.1 Å². The highest BCUT2D eigenvalue weighted by Gasteiger charge is 2.43. The molecule has 1 saturated carbocycles. The van der Waals surface area contributed by atoms with E-state index < -0.39 is 11.6 Å². The van der Waals surface area contributed by atoms with E-state index in [-0.39, 0.29) is 29.1 Å². The quantitative estimate of drug-likeness (QED) is 0.443. The topological polar surface area (TPSA) is 84.9 Å². The SMILES string of the molecule is CN1CCN[C@H](C(=O)N[C@H](Cc2ccc(F)cc2)C(=O)N2CCC(CCC(C)(C)O)(C3CCCCC3)CC2)C1. The van der Waals surface area contributed by atoms with E-state index in [1.807, 2.05) is 25.8 Å². The van der Waals surface area contributed by atoms with Crippen molar-refractivity contribution in [1.82, 2.24) is 20.4 Å². The van der Waals surface area contributed by atoms with Crippen molar-refractivity contribution < 1.29 is 19.1 Å². The van der Waals surface area contributed by atoms with Crippen molar-refractivity contribution in [3.05, 3.63) is 35.6 Å². The number of likely N-dealkylation sites (N-methyl/N-ethyl adjacent to an activating group) is 1. The molecule has 3 fully saturated rings. The van der Waals surface area contributed by atoms with Gasteiger partial charge in [0.15, 0.2) is 0 Å². The molecule has 1 aliphatic carbocycles. The molecule has 2 heterocycles. The first-order valence-corrected chi connectivity index (χ1v) is 15.0. The summed E-state index contributed by atoms with van der Waals surface area (Å²) in [5.74, 6) is 0.105. The van der Waals surface area contributed by atoms with Gasteiger partial charge in [0.05, 0.1) is 11.6 Å². The number of hydrogen-bond donors (Lipinski definition) is 3. The minimum absolute atomic E-state index is 0.0587. The number of nitrogens with zero attached hydrogens (tertiary/aromatic N) is 2. The van der Waals surface area contributed by atoms with Crippen molar-refractivity contribution in [1.29, 1.82) is 0 Å². The third kappa shape index (κ3) is 8.24. The molecule has 0 unspecified atom stereocenters. The van der Waals surface area contributed by atoms with Crippen LogP contribution in [0.1, 0.15) is 77.2 Å². The third-order valence-electron chi connectivity index (χ3n) is 9.44. The largest absolute Gasteiger partial charge is 0.390 e. The fraction of sp³-hybridized carbons (Fsp3) is 0.742. The summed E-state index contributed by atoms with van der Waals surface area (Å²) in [6.07, 6.45) is 10.3. The molecule has 0 spiro atoms. The van der Waals surface area contributed by atoms with Gasteiger partial charge in [-0.3, -0.25) is 9.59 Å². The monoisotopic (exact) mass is 544 g/mol. The minimum Gasteiger partial charge on any atom is -0.390 e. The average molecular weight is 545 g/mol. The fourth-order valence-corrected chi connectivity index (χ4v) is 6.93. The van der Waals surface area contributed by atoms with Gasteiger partial charge in [-0.1, -0.05) is 31.4 Å². The van der Waals surface area contributed by atoms with E-state index in [0.717, 1.165) is 44.3 Å². The number of nitrogens with one attached hydrogen (secondary N) is 2. The summed E-state index contributed by atoms with van der Waals surface area (Å²) in [5, 5.41) is 16.8. The standard InChI is InChI=1S/C31H49FN4O3/c1-30(2,39)13-14-31(24-7-5-4-6-8-24)15-18-36(19-16-31)29(38)26(21-23-9-11-25(32)12-10-23)34-28(37)27-22-35(3)20-17-33-27/h9-12,24,26-27,33,39H,4-8,13-22H2,1-3H3,(H,34,37)/t26-,27+/m1/s1. The second-order valence-electron chi connectivity index (χ2n) is 13.0. The first-order chi connectivity index (χ1) is 18.5. The zero-order valence-electron chi connectivity index (χ0n) is 24.2. The molecule has 3 aliphatic rings. The zero-order valence-corrected chi connectivity index (χ0v) is 24.2. The molecular formula is C31H49FN4O3. The van der Waals surface area contributed by atoms with Crippen LogP contribution in [-0.2, 0) is 16.0 Å². The number of rotatable bonds is 9. The summed E-state index contributed by atoms with van der Waals surface area (Å²) in [4.78, 5) is 31.2. The van der Waals surface area contributed by atoms with Crippen LogP contribution >= 0.6 is 0 Å². The van der Waals surface area contributed by atoms with Gasteiger partial charge in [0, 0.05) is 39.1 Å². The van der Waals surface area contributed by atoms with E-state index in [2.05, 4.69) is 15.5 Å². The molecular weight excluding hydrogens is 495 g/mol. The Labute approximate surface area is 233 Å². The predicted octanol–water partition coefficient (Wildman–Crippen LogP) is 3.50. The lowest BCUT2D eigenvalue weighted by atomic mass is 9.61. The van der Waals surface area contributed by atoms with Gasteiger partial charge in [-0.2, -0.15) is 0 Å². The molecule has 0 aromatic heterocycles. The van der Waals surface area contributed by atoms with Crippen LogP contribution in [0.3, 0.4) is 0 Å². The van der Waals surface area contributed by atoms with E-state index in [9.17, 15) is 19.1 Å². The van der Waals surface area contributed by atoms with Crippen molar-refractivity contribution in [2.75, 3.05) is 39.8 Å². The van der Waals surface area contributed by atoms with Crippen molar-refractivity contribution in [3.8, 4) is 0 Å². The van der Waals surface area contributed by atoms with Crippen molar-refractivity contribution in [2.45, 2.75) is 95.7 Å². The van der Waals surface area contributed by atoms with Crippen molar-refractivity contribution in [2.24, 2.45) is 11.3 Å². The van der Waals surface area contributed by atoms with E-state index in [0.29, 0.717) is 32.0 Å². The Hall–Kier alpha value is -2.03. The number of carbonyl (C=O) groups is 2. The Balaban J connectivity index is 1.46. The molecule has 0 bridgehead atoms. The maximum atomic E-state index is 13.9. The van der Waals surface area contributed by atoms with Gasteiger partial charge in [-0.25, -0.2) is 4.39 Å². The highest BCUT2D eigenvalue weighted by molar-refractivity contribution is 5.90. The normalized spacial score (nSPS) is 23.8. The Morgan fingerprint density at radius 2 is 1.79 bits per heavy atom. The second kappa shape index (κ2) is 13.1. The van der Waals surface area contributed by atoms with Crippen LogP contribution in [0.15, 0.2) is 24.3 Å². The van der Waals surface area contributed by atoms with Gasteiger partial charge in [0.1, 0.15) is 11.9 Å². The Kier molecular flexibility index (Phi) is 10.0. The van der Waals surface area contributed by atoms with Crippen molar-refractivity contribution >= 4 is 11.8 Å². The smallest absolute Gasteiger partial charge is 0.245 e. The highest BCUT2D eigenvalue weighted by atomic mass is 19.1. The van der Waals surface area contributed by atoms with Crippen molar-refractivity contribution in [3.63, 3.8) is 0 Å². The lowest BCUT2D eigenvalue weighted by Crippen LogP contribution is -2.60. The second-order valence-corrected chi connectivity index (χ2v) is 13.0. The number of piperidine rings is 1. The molecule has 1 aromatic carbocycles.